The Morgan fingerprint density at radius 2 is 2.29 bits per heavy atom. The van der Waals surface area contributed by atoms with Gasteiger partial charge < -0.3 is 4.74 Å². The van der Waals surface area contributed by atoms with Gasteiger partial charge in [-0.25, -0.2) is 0 Å². The number of benzene rings is 1. The van der Waals surface area contributed by atoms with E-state index in [1.807, 2.05) is 6.07 Å². The van der Waals surface area contributed by atoms with Crippen molar-refractivity contribution >= 4 is 5.69 Å². The highest BCUT2D eigenvalue weighted by Gasteiger charge is 2.18. The number of rotatable bonds is 4. The highest BCUT2D eigenvalue weighted by atomic mass is 16.6. The summed E-state index contributed by atoms with van der Waals surface area (Å²) in [6, 6.07) is 5.15. The van der Waals surface area contributed by atoms with Crippen molar-refractivity contribution in [1.29, 1.82) is 0 Å². The first-order chi connectivity index (χ1) is 8.20. The van der Waals surface area contributed by atoms with Crippen molar-refractivity contribution in [2.24, 2.45) is 0 Å². The number of ether oxygens (including phenoxy) is 1. The molecule has 0 aromatic heterocycles. The van der Waals surface area contributed by atoms with Crippen LogP contribution in [0, 0.1) is 10.1 Å². The topological polar surface area (TPSA) is 55.6 Å². The second kappa shape index (κ2) is 5.25. The van der Waals surface area contributed by atoms with Crippen LogP contribution in [-0.4, -0.2) is 36.6 Å². The molecule has 1 aromatic rings. The Morgan fingerprint density at radius 3 is 3.00 bits per heavy atom. The lowest BCUT2D eigenvalue weighted by molar-refractivity contribution is -0.385. The van der Waals surface area contributed by atoms with Gasteiger partial charge in [0, 0.05) is 38.9 Å². The normalized spacial score (nSPS) is 15.6. The van der Waals surface area contributed by atoms with E-state index in [-0.39, 0.29) is 10.6 Å². The van der Waals surface area contributed by atoms with E-state index < -0.39 is 0 Å². The number of nitrogens with zero attached hydrogens (tertiary/aromatic N) is 2. The van der Waals surface area contributed by atoms with Crippen molar-refractivity contribution < 1.29 is 9.66 Å². The molecule has 5 heteroatoms. The lowest BCUT2D eigenvalue weighted by atomic mass is 9.99. The minimum atomic E-state index is -0.339. The van der Waals surface area contributed by atoms with E-state index in [9.17, 15) is 10.1 Å². The van der Waals surface area contributed by atoms with Gasteiger partial charge in [0.15, 0.2) is 0 Å². The predicted octanol–water partition coefficient (Wildman–Crippen LogP) is 1.60. The number of fused-ring (bicyclic) bond motifs is 1. The smallest absolute Gasteiger partial charge is 0.269 e. The minimum absolute atomic E-state index is 0.178. The van der Waals surface area contributed by atoms with E-state index in [2.05, 4.69) is 4.90 Å². The highest BCUT2D eigenvalue weighted by Crippen LogP contribution is 2.23. The largest absolute Gasteiger partial charge is 0.383 e. The quantitative estimate of drug-likeness (QED) is 0.588. The molecule has 0 aliphatic carbocycles. The van der Waals surface area contributed by atoms with E-state index in [4.69, 9.17) is 4.74 Å². The number of nitro groups is 1. The van der Waals surface area contributed by atoms with Crippen LogP contribution in [0.4, 0.5) is 5.69 Å². The molecule has 2 rings (SSSR count). The third-order valence-electron chi connectivity index (χ3n) is 3.10. The van der Waals surface area contributed by atoms with Gasteiger partial charge in [-0.1, -0.05) is 6.07 Å². The summed E-state index contributed by atoms with van der Waals surface area (Å²) in [5, 5.41) is 10.7. The Balaban J connectivity index is 2.12. The molecule has 92 valence electrons. The third-order valence-corrected chi connectivity index (χ3v) is 3.10. The van der Waals surface area contributed by atoms with Gasteiger partial charge in [0.1, 0.15) is 0 Å². The number of methoxy groups -OCH3 is 1. The number of non-ortho nitro benzene ring substituents is 1. The SMILES string of the molecule is COCCN1CCc2ccc([N+](=O)[O-])cc2C1. The fourth-order valence-electron chi connectivity index (χ4n) is 2.13. The Morgan fingerprint density at radius 1 is 1.47 bits per heavy atom. The van der Waals surface area contributed by atoms with Crippen molar-refractivity contribution in [2.75, 3.05) is 26.8 Å². The Labute approximate surface area is 100 Å². The molecular weight excluding hydrogens is 220 g/mol. The van der Waals surface area contributed by atoms with Crippen molar-refractivity contribution in [1.82, 2.24) is 4.90 Å². The molecule has 0 bridgehead atoms. The average Bonchev–Trinajstić information content (AvgIpc) is 2.35. The molecule has 1 aliphatic heterocycles. The summed E-state index contributed by atoms with van der Waals surface area (Å²) in [4.78, 5) is 12.6. The van der Waals surface area contributed by atoms with E-state index >= 15 is 0 Å². The summed E-state index contributed by atoms with van der Waals surface area (Å²) >= 11 is 0. The van der Waals surface area contributed by atoms with Crippen LogP contribution >= 0.6 is 0 Å². The summed E-state index contributed by atoms with van der Waals surface area (Å²) in [6.45, 7) is 3.34. The molecule has 5 nitrogen and oxygen atoms in total. The van der Waals surface area contributed by atoms with Crippen LogP contribution in [0.2, 0.25) is 0 Å². The second-order valence-corrected chi connectivity index (χ2v) is 4.23. The van der Waals surface area contributed by atoms with Crippen LogP contribution in [0.1, 0.15) is 11.1 Å². The maximum Gasteiger partial charge on any atom is 0.269 e. The van der Waals surface area contributed by atoms with Crippen molar-refractivity contribution in [3.05, 3.63) is 39.4 Å². The van der Waals surface area contributed by atoms with Gasteiger partial charge in [-0.2, -0.15) is 0 Å². The standard InChI is InChI=1S/C12H16N2O3/c1-17-7-6-13-5-4-10-2-3-12(14(15)16)8-11(10)9-13/h2-3,8H,4-7,9H2,1H3. The predicted molar refractivity (Wildman–Crippen MR) is 64.0 cm³/mol. The second-order valence-electron chi connectivity index (χ2n) is 4.23. The molecule has 0 amide bonds. The van der Waals surface area contributed by atoms with Gasteiger partial charge in [-0.15, -0.1) is 0 Å². The molecule has 0 saturated carbocycles. The van der Waals surface area contributed by atoms with Gasteiger partial charge in [-0.3, -0.25) is 15.0 Å². The molecule has 0 unspecified atom stereocenters. The molecule has 0 fully saturated rings. The Kier molecular flexibility index (Phi) is 3.71. The summed E-state index contributed by atoms with van der Waals surface area (Å²) in [5.41, 5.74) is 2.48. The molecule has 1 aliphatic rings. The van der Waals surface area contributed by atoms with Crippen LogP contribution in [0.5, 0.6) is 0 Å². The van der Waals surface area contributed by atoms with Crippen molar-refractivity contribution in [3.8, 4) is 0 Å². The first-order valence-corrected chi connectivity index (χ1v) is 5.68. The zero-order valence-electron chi connectivity index (χ0n) is 9.89. The maximum atomic E-state index is 10.7. The van der Waals surface area contributed by atoms with Crippen molar-refractivity contribution in [2.45, 2.75) is 13.0 Å². The zero-order chi connectivity index (χ0) is 12.3. The molecule has 0 spiro atoms. The van der Waals surface area contributed by atoms with Crippen molar-refractivity contribution in [3.63, 3.8) is 0 Å². The van der Waals surface area contributed by atoms with Crippen LogP contribution in [0.3, 0.4) is 0 Å². The van der Waals surface area contributed by atoms with E-state index in [1.165, 1.54) is 5.56 Å². The zero-order valence-corrected chi connectivity index (χ0v) is 9.89. The monoisotopic (exact) mass is 236 g/mol. The molecule has 1 heterocycles. The Bertz CT molecular complexity index is 420. The minimum Gasteiger partial charge on any atom is -0.383 e. The fraction of sp³-hybridized carbons (Fsp3) is 0.500. The lowest BCUT2D eigenvalue weighted by Crippen LogP contribution is -2.33. The van der Waals surface area contributed by atoms with Crippen LogP contribution < -0.4 is 0 Å². The highest BCUT2D eigenvalue weighted by molar-refractivity contribution is 5.41. The van der Waals surface area contributed by atoms with Gasteiger partial charge in [0.05, 0.1) is 11.5 Å². The van der Waals surface area contributed by atoms with Crippen LogP contribution in [-0.2, 0) is 17.7 Å². The summed E-state index contributed by atoms with van der Waals surface area (Å²) in [7, 11) is 1.68. The fourth-order valence-corrected chi connectivity index (χ4v) is 2.13. The lowest BCUT2D eigenvalue weighted by Gasteiger charge is -2.28. The van der Waals surface area contributed by atoms with Crippen LogP contribution in [0.25, 0.3) is 0 Å². The molecule has 0 radical (unpaired) electrons. The molecular formula is C12H16N2O3. The molecule has 0 N–H and O–H groups in total. The van der Waals surface area contributed by atoms with Gasteiger partial charge in [0.2, 0.25) is 0 Å². The van der Waals surface area contributed by atoms with Gasteiger partial charge >= 0.3 is 0 Å². The first-order valence-electron chi connectivity index (χ1n) is 5.68. The average molecular weight is 236 g/mol. The molecule has 0 atom stereocenters. The summed E-state index contributed by atoms with van der Waals surface area (Å²) in [5.74, 6) is 0. The summed E-state index contributed by atoms with van der Waals surface area (Å²) in [6.07, 6.45) is 0.955. The molecule has 1 aromatic carbocycles. The van der Waals surface area contributed by atoms with Gasteiger partial charge in [-0.05, 0) is 17.5 Å². The number of hydrogen-bond donors (Lipinski definition) is 0. The number of hydrogen-bond acceptors (Lipinski definition) is 4. The van der Waals surface area contributed by atoms with E-state index in [1.54, 1.807) is 19.2 Å². The van der Waals surface area contributed by atoms with E-state index in [0.717, 1.165) is 31.6 Å². The van der Waals surface area contributed by atoms with Crippen LogP contribution in [0.15, 0.2) is 18.2 Å². The summed E-state index contributed by atoms with van der Waals surface area (Å²) < 4.78 is 5.04. The molecule has 17 heavy (non-hydrogen) atoms. The third kappa shape index (κ3) is 2.81. The van der Waals surface area contributed by atoms with Gasteiger partial charge in [0.25, 0.3) is 5.69 Å². The van der Waals surface area contributed by atoms with E-state index in [0.29, 0.717) is 6.61 Å². The maximum absolute atomic E-state index is 10.7. The number of nitro benzene ring substituents is 1. The first kappa shape index (κ1) is 12.0. The Hall–Kier alpha value is -1.46. The molecule has 0 saturated heterocycles.